The van der Waals surface area contributed by atoms with Gasteiger partial charge in [-0.3, -0.25) is 4.98 Å². The molecule has 0 saturated carbocycles. The van der Waals surface area contributed by atoms with Crippen molar-refractivity contribution in [3.8, 4) is 0 Å². The first-order valence-electron chi connectivity index (χ1n) is 7.54. The van der Waals surface area contributed by atoms with Gasteiger partial charge in [-0.15, -0.1) is 0 Å². The third kappa shape index (κ3) is 2.95. The van der Waals surface area contributed by atoms with Crippen molar-refractivity contribution in [2.75, 3.05) is 32.1 Å². The fraction of sp³-hybridized carbons (Fsp3) is 0.600. The fourth-order valence-electron chi connectivity index (χ4n) is 3.19. The van der Waals surface area contributed by atoms with E-state index in [1.54, 1.807) is 6.20 Å². The van der Waals surface area contributed by atoms with E-state index in [9.17, 15) is 4.79 Å². The SMILES string of the molecule is CN(C)c1cccnc1CNC(=O)N1CC2CCC1CN2. The minimum absolute atomic E-state index is 0.0292. The average Bonchev–Trinajstić information content (AvgIpc) is 2.53. The van der Waals surface area contributed by atoms with Crippen molar-refractivity contribution in [3.63, 3.8) is 0 Å². The number of anilines is 1. The number of urea groups is 1. The largest absolute Gasteiger partial charge is 0.376 e. The molecule has 2 N–H and O–H groups in total. The third-order valence-corrected chi connectivity index (χ3v) is 4.36. The summed E-state index contributed by atoms with van der Waals surface area (Å²) in [6, 6.07) is 4.76. The van der Waals surface area contributed by atoms with Crippen LogP contribution in [0.2, 0.25) is 0 Å². The molecule has 1 aromatic heterocycles. The van der Waals surface area contributed by atoms with Crippen molar-refractivity contribution < 1.29 is 4.79 Å². The van der Waals surface area contributed by atoms with E-state index in [-0.39, 0.29) is 6.03 Å². The molecule has 2 bridgehead atoms. The summed E-state index contributed by atoms with van der Waals surface area (Å²) in [4.78, 5) is 20.8. The van der Waals surface area contributed by atoms with Crippen LogP contribution in [0.1, 0.15) is 18.5 Å². The van der Waals surface area contributed by atoms with Gasteiger partial charge < -0.3 is 20.4 Å². The summed E-state index contributed by atoms with van der Waals surface area (Å²) in [5.41, 5.74) is 1.94. The highest BCUT2D eigenvalue weighted by Crippen LogP contribution is 2.22. The molecule has 2 atom stereocenters. The Hall–Kier alpha value is -1.82. The first-order chi connectivity index (χ1) is 10.1. The molecule has 2 amide bonds. The van der Waals surface area contributed by atoms with E-state index in [2.05, 4.69) is 15.6 Å². The normalized spacial score (nSPS) is 24.0. The maximum atomic E-state index is 12.4. The molecule has 0 radical (unpaired) electrons. The van der Waals surface area contributed by atoms with Gasteiger partial charge in [0, 0.05) is 45.5 Å². The monoisotopic (exact) mass is 289 g/mol. The summed E-state index contributed by atoms with van der Waals surface area (Å²) in [7, 11) is 3.97. The summed E-state index contributed by atoms with van der Waals surface area (Å²) >= 11 is 0. The zero-order valence-electron chi connectivity index (χ0n) is 12.7. The van der Waals surface area contributed by atoms with Gasteiger partial charge in [-0.25, -0.2) is 4.79 Å². The van der Waals surface area contributed by atoms with Gasteiger partial charge in [-0.05, 0) is 25.0 Å². The number of carbonyl (C=O) groups excluding carboxylic acids is 1. The van der Waals surface area contributed by atoms with Crippen molar-refractivity contribution in [2.24, 2.45) is 0 Å². The van der Waals surface area contributed by atoms with Crippen molar-refractivity contribution in [3.05, 3.63) is 24.0 Å². The van der Waals surface area contributed by atoms with E-state index >= 15 is 0 Å². The van der Waals surface area contributed by atoms with Crippen molar-refractivity contribution >= 4 is 11.7 Å². The van der Waals surface area contributed by atoms with Gasteiger partial charge >= 0.3 is 6.03 Å². The van der Waals surface area contributed by atoms with Gasteiger partial charge in [0.2, 0.25) is 0 Å². The summed E-state index contributed by atoms with van der Waals surface area (Å²) in [5, 5.41) is 6.48. The van der Waals surface area contributed by atoms with Gasteiger partial charge in [-0.1, -0.05) is 0 Å². The molecule has 3 saturated heterocycles. The van der Waals surface area contributed by atoms with Crippen LogP contribution in [0.5, 0.6) is 0 Å². The first kappa shape index (κ1) is 14.1. The number of nitrogens with one attached hydrogen (secondary N) is 2. The lowest BCUT2D eigenvalue weighted by atomic mass is 9.93. The number of carbonyl (C=O) groups is 1. The van der Waals surface area contributed by atoms with Crippen LogP contribution in [0.15, 0.2) is 18.3 Å². The van der Waals surface area contributed by atoms with Gasteiger partial charge in [0.1, 0.15) is 0 Å². The highest BCUT2D eigenvalue weighted by molar-refractivity contribution is 5.75. The molecule has 1 aromatic rings. The highest BCUT2D eigenvalue weighted by atomic mass is 16.2. The van der Waals surface area contributed by atoms with E-state index in [0.29, 0.717) is 18.6 Å². The van der Waals surface area contributed by atoms with Gasteiger partial charge in [-0.2, -0.15) is 0 Å². The molecule has 6 nitrogen and oxygen atoms in total. The quantitative estimate of drug-likeness (QED) is 0.864. The van der Waals surface area contributed by atoms with E-state index < -0.39 is 0 Å². The van der Waals surface area contributed by atoms with Crippen LogP contribution in [0.4, 0.5) is 10.5 Å². The Morgan fingerprint density at radius 3 is 3.00 bits per heavy atom. The van der Waals surface area contributed by atoms with E-state index in [1.165, 1.54) is 6.42 Å². The minimum atomic E-state index is 0.0292. The van der Waals surface area contributed by atoms with E-state index in [4.69, 9.17) is 0 Å². The van der Waals surface area contributed by atoms with Crippen LogP contribution >= 0.6 is 0 Å². The Balaban J connectivity index is 1.61. The maximum absolute atomic E-state index is 12.4. The third-order valence-electron chi connectivity index (χ3n) is 4.36. The number of rotatable bonds is 3. The topological polar surface area (TPSA) is 60.5 Å². The van der Waals surface area contributed by atoms with Gasteiger partial charge in [0.15, 0.2) is 0 Å². The van der Waals surface area contributed by atoms with Gasteiger partial charge in [0.05, 0.1) is 17.9 Å². The summed E-state index contributed by atoms with van der Waals surface area (Å²) in [6.07, 6.45) is 4.05. The smallest absolute Gasteiger partial charge is 0.318 e. The first-order valence-corrected chi connectivity index (χ1v) is 7.54. The fourth-order valence-corrected chi connectivity index (χ4v) is 3.19. The number of hydrogen-bond acceptors (Lipinski definition) is 4. The zero-order valence-corrected chi connectivity index (χ0v) is 12.7. The summed E-state index contributed by atoms with van der Waals surface area (Å²) in [6.45, 7) is 2.21. The van der Waals surface area contributed by atoms with Gasteiger partial charge in [0.25, 0.3) is 0 Å². The Bertz CT molecular complexity index is 511. The average molecular weight is 289 g/mol. The molecule has 0 spiro atoms. The molecule has 4 heterocycles. The number of pyridine rings is 1. The van der Waals surface area contributed by atoms with Crippen LogP contribution in [0.25, 0.3) is 0 Å². The lowest BCUT2D eigenvalue weighted by Gasteiger charge is -2.45. The lowest BCUT2D eigenvalue weighted by Crippen LogP contribution is -2.64. The molecule has 0 aromatic carbocycles. The summed E-state index contributed by atoms with van der Waals surface area (Å²) < 4.78 is 0. The van der Waals surface area contributed by atoms with E-state index in [1.807, 2.05) is 36.0 Å². The Morgan fingerprint density at radius 1 is 1.52 bits per heavy atom. The number of aromatic nitrogens is 1. The Morgan fingerprint density at radius 2 is 2.38 bits per heavy atom. The molecule has 2 unspecified atom stereocenters. The number of piperazine rings is 1. The second-order valence-corrected chi connectivity index (χ2v) is 6.01. The molecule has 0 aliphatic carbocycles. The Kier molecular flexibility index (Phi) is 3.96. The standard InChI is InChI=1S/C15H23N5O/c1-19(2)14-4-3-7-16-13(14)9-18-15(21)20-10-11-5-6-12(20)8-17-11/h3-4,7,11-12,17H,5-6,8-10H2,1-2H3,(H,18,21). The second-order valence-electron chi connectivity index (χ2n) is 6.01. The number of amides is 2. The summed E-state index contributed by atoms with van der Waals surface area (Å²) in [5.74, 6) is 0. The minimum Gasteiger partial charge on any atom is -0.376 e. The molecular formula is C15H23N5O. The van der Waals surface area contributed by atoms with Crippen LogP contribution in [0.3, 0.4) is 0 Å². The molecule has 114 valence electrons. The molecule has 6 heteroatoms. The second kappa shape index (κ2) is 5.89. The predicted octanol–water partition coefficient (Wildman–Crippen LogP) is 0.793. The number of hydrogen-bond donors (Lipinski definition) is 2. The van der Waals surface area contributed by atoms with Crippen LogP contribution in [0, 0.1) is 0 Å². The number of nitrogens with zero attached hydrogens (tertiary/aromatic N) is 3. The number of fused-ring (bicyclic) bond motifs is 3. The predicted molar refractivity (Wildman–Crippen MR) is 82.3 cm³/mol. The highest BCUT2D eigenvalue weighted by Gasteiger charge is 2.35. The molecular weight excluding hydrogens is 266 g/mol. The van der Waals surface area contributed by atoms with Crippen molar-refractivity contribution in [1.29, 1.82) is 0 Å². The lowest BCUT2D eigenvalue weighted by molar-refractivity contribution is 0.0976. The van der Waals surface area contributed by atoms with Crippen LogP contribution in [-0.2, 0) is 6.54 Å². The van der Waals surface area contributed by atoms with Crippen molar-refractivity contribution in [2.45, 2.75) is 31.5 Å². The Labute approximate surface area is 125 Å². The maximum Gasteiger partial charge on any atom is 0.318 e. The molecule has 3 fully saturated rings. The molecule has 3 aliphatic rings. The van der Waals surface area contributed by atoms with Crippen LogP contribution < -0.4 is 15.5 Å². The molecule has 3 aliphatic heterocycles. The van der Waals surface area contributed by atoms with Crippen LogP contribution in [-0.4, -0.2) is 55.2 Å². The van der Waals surface area contributed by atoms with Crippen molar-refractivity contribution in [1.82, 2.24) is 20.5 Å². The molecule has 4 rings (SSSR count). The zero-order chi connectivity index (χ0) is 14.8. The number of piperidine rings is 2. The molecule has 21 heavy (non-hydrogen) atoms. The van der Waals surface area contributed by atoms with E-state index in [0.717, 1.165) is 30.9 Å².